The van der Waals surface area contributed by atoms with Gasteiger partial charge in [-0.1, -0.05) is 0 Å². The third-order valence-corrected chi connectivity index (χ3v) is 4.98. The van der Waals surface area contributed by atoms with Gasteiger partial charge in [0.15, 0.2) is 0 Å². The molecule has 7 nitrogen and oxygen atoms in total. The van der Waals surface area contributed by atoms with E-state index < -0.39 is 10.0 Å². The Kier molecular flexibility index (Phi) is 4.35. The number of pyridine rings is 1. The Balaban J connectivity index is 2.23. The molecule has 1 fully saturated rings. The van der Waals surface area contributed by atoms with Gasteiger partial charge in [0.1, 0.15) is 16.7 Å². The van der Waals surface area contributed by atoms with Gasteiger partial charge in [0.2, 0.25) is 10.0 Å². The normalized spacial score (nSPS) is 22.1. The Morgan fingerprint density at radius 2 is 2.35 bits per heavy atom. The average molecular weight is 296 g/mol. The second-order valence-corrected chi connectivity index (χ2v) is 6.56. The zero-order valence-corrected chi connectivity index (χ0v) is 11.9. The van der Waals surface area contributed by atoms with Crippen molar-refractivity contribution >= 4 is 10.0 Å². The Labute approximate surface area is 118 Å². The first kappa shape index (κ1) is 14.9. The van der Waals surface area contributed by atoms with Crippen molar-refractivity contribution in [2.75, 3.05) is 19.7 Å². The first-order valence-electron chi connectivity index (χ1n) is 6.18. The van der Waals surface area contributed by atoms with Crippen LogP contribution < -0.4 is 5.73 Å². The zero-order chi connectivity index (χ0) is 14.8. The van der Waals surface area contributed by atoms with E-state index in [-0.39, 0.29) is 35.8 Å². The topological polar surface area (TPSA) is 109 Å². The van der Waals surface area contributed by atoms with Crippen molar-refractivity contribution in [3.8, 4) is 6.07 Å². The molecule has 0 amide bonds. The predicted octanol–water partition coefficient (Wildman–Crippen LogP) is -0.310. The molecule has 0 aliphatic carbocycles. The standard InChI is InChI=1S/C12H16N4O3S/c1-9(14)12-8-16(4-5-19-12)20(17,18)11-3-2-10(6-13)15-7-11/h2-3,7,9,12H,4-5,8,14H2,1H3. The molecule has 1 aliphatic heterocycles. The Morgan fingerprint density at radius 1 is 1.60 bits per heavy atom. The molecule has 0 radical (unpaired) electrons. The van der Waals surface area contributed by atoms with E-state index in [9.17, 15) is 8.42 Å². The molecule has 20 heavy (non-hydrogen) atoms. The molecule has 2 rings (SSSR count). The summed E-state index contributed by atoms with van der Waals surface area (Å²) >= 11 is 0. The SMILES string of the molecule is CC(N)C1CN(S(=O)(=O)c2ccc(C#N)nc2)CCO1. The molecule has 108 valence electrons. The van der Waals surface area contributed by atoms with Crippen molar-refractivity contribution in [3.63, 3.8) is 0 Å². The van der Waals surface area contributed by atoms with E-state index in [2.05, 4.69) is 4.98 Å². The summed E-state index contributed by atoms with van der Waals surface area (Å²) in [6, 6.07) is 4.38. The Hall–Kier alpha value is -1.53. The number of hydrogen-bond donors (Lipinski definition) is 1. The molecule has 1 saturated heterocycles. The van der Waals surface area contributed by atoms with Crippen molar-refractivity contribution in [3.05, 3.63) is 24.0 Å². The van der Waals surface area contributed by atoms with Crippen molar-refractivity contribution in [2.45, 2.75) is 24.0 Å². The van der Waals surface area contributed by atoms with Crippen LogP contribution in [0, 0.1) is 11.3 Å². The van der Waals surface area contributed by atoms with E-state index in [0.29, 0.717) is 6.61 Å². The third kappa shape index (κ3) is 2.96. The van der Waals surface area contributed by atoms with Crippen LogP contribution >= 0.6 is 0 Å². The van der Waals surface area contributed by atoms with E-state index >= 15 is 0 Å². The van der Waals surface area contributed by atoms with E-state index in [0.717, 1.165) is 0 Å². The monoisotopic (exact) mass is 296 g/mol. The number of rotatable bonds is 3. The lowest BCUT2D eigenvalue weighted by Crippen LogP contribution is -2.51. The van der Waals surface area contributed by atoms with Crippen LogP contribution in [-0.4, -0.2) is 49.5 Å². The average Bonchev–Trinajstić information content (AvgIpc) is 2.47. The lowest BCUT2D eigenvalue weighted by atomic mass is 10.2. The molecule has 1 aromatic heterocycles. The molecule has 0 spiro atoms. The second-order valence-electron chi connectivity index (χ2n) is 4.62. The molecular formula is C12H16N4O3S. The minimum atomic E-state index is -3.63. The maximum atomic E-state index is 12.5. The summed E-state index contributed by atoms with van der Waals surface area (Å²) < 4.78 is 31.7. The summed E-state index contributed by atoms with van der Waals surface area (Å²) in [6.07, 6.45) is 0.884. The molecule has 2 heterocycles. The predicted molar refractivity (Wildman–Crippen MR) is 71.1 cm³/mol. The number of ether oxygens (including phenoxy) is 1. The number of nitriles is 1. The van der Waals surface area contributed by atoms with Gasteiger partial charge in [-0.2, -0.15) is 9.57 Å². The van der Waals surface area contributed by atoms with E-state index in [1.54, 1.807) is 6.92 Å². The molecule has 1 aromatic rings. The van der Waals surface area contributed by atoms with Gasteiger partial charge >= 0.3 is 0 Å². The highest BCUT2D eigenvalue weighted by Crippen LogP contribution is 2.19. The summed E-state index contributed by atoms with van der Waals surface area (Å²) in [5, 5.41) is 8.67. The van der Waals surface area contributed by atoms with Gasteiger partial charge in [-0.3, -0.25) is 0 Å². The van der Waals surface area contributed by atoms with Gasteiger partial charge in [0, 0.05) is 25.3 Å². The quantitative estimate of drug-likeness (QED) is 0.819. The fourth-order valence-corrected chi connectivity index (χ4v) is 3.32. The van der Waals surface area contributed by atoms with E-state index in [4.69, 9.17) is 15.7 Å². The molecule has 8 heteroatoms. The minimum absolute atomic E-state index is 0.0711. The third-order valence-electron chi connectivity index (χ3n) is 3.13. The van der Waals surface area contributed by atoms with Crippen LogP contribution in [0.3, 0.4) is 0 Å². The number of morpholine rings is 1. The zero-order valence-electron chi connectivity index (χ0n) is 11.1. The van der Waals surface area contributed by atoms with Crippen LogP contribution in [-0.2, 0) is 14.8 Å². The van der Waals surface area contributed by atoms with E-state index in [1.165, 1.54) is 22.6 Å². The highest BCUT2D eigenvalue weighted by Gasteiger charge is 2.32. The molecule has 0 bridgehead atoms. The van der Waals surface area contributed by atoms with Gasteiger partial charge in [0.25, 0.3) is 0 Å². The van der Waals surface area contributed by atoms with Crippen LogP contribution in [0.5, 0.6) is 0 Å². The van der Waals surface area contributed by atoms with Gasteiger partial charge in [-0.25, -0.2) is 13.4 Å². The lowest BCUT2D eigenvalue weighted by molar-refractivity contribution is -0.0120. The Morgan fingerprint density at radius 3 is 2.90 bits per heavy atom. The van der Waals surface area contributed by atoms with Crippen molar-refractivity contribution in [2.24, 2.45) is 5.73 Å². The highest BCUT2D eigenvalue weighted by molar-refractivity contribution is 7.89. The van der Waals surface area contributed by atoms with Gasteiger partial charge in [-0.15, -0.1) is 0 Å². The summed E-state index contributed by atoms with van der Waals surface area (Å²) in [5.41, 5.74) is 5.93. The lowest BCUT2D eigenvalue weighted by Gasteiger charge is -2.33. The smallest absolute Gasteiger partial charge is 0.244 e. The fourth-order valence-electron chi connectivity index (χ4n) is 1.94. The van der Waals surface area contributed by atoms with Crippen molar-refractivity contribution in [1.82, 2.24) is 9.29 Å². The van der Waals surface area contributed by atoms with Crippen molar-refractivity contribution < 1.29 is 13.2 Å². The van der Waals surface area contributed by atoms with Gasteiger partial charge < -0.3 is 10.5 Å². The van der Waals surface area contributed by atoms with E-state index in [1.807, 2.05) is 6.07 Å². The van der Waals surface area contributed by atoms with Crippen molar-refractivity contribution in [1.29, 1.82) is 5.26 Å². The van der Waals surface area contributed by atoms with Crippen LogP contribution in [0.2, 0.25) is 0 Å². The maximum absolute atomic E-state index is 12.5. The Bertz CT molecular complexity index is 607. The van der Waals surface area contributed by atoms with Crippen LogP contribution in [0.25, 0.3) is 0 Å². The first-order valence-corrected chi connectivity index (χ1v) is 7.62. The number of sulfonamides is 1. The number of nitrogens with zero attached hydrogens (tertiary/aromatic N) is 3. The molecule has 2 unspecified atom stereocenters. The first-order chi connectivity index (χ1) is 9.45. The summed E-state index contributed by atoms with van der Waals surface area (Å²) in [4.78, 5) is 3.86. The molecule has 0 saturated carbocycles. The molecule has 2 atom stereocenters. The minimum Gasteiger partial charge on any atom is -0.374 e. The molecule has 0 aromatic carbocycles. The summed E-state index contributed by atoms with van der Waals surface area (Å²) in [5.74, 6) is 0. The van der Waals surface area contributed by atoms with Crippen LogP contribution in [0.1, 0.15) is 12.6 Å². The maximum Gasteiger partial charge on any atom is 0.244 e. The number of hydrogen-bond acceptors (Lipinski definition) is 6. The molecule has 2 N–H and O–H groups in total. The second kappa shape index (κ2) is 5.85. The van der Waals surface area contributed by atoms with Gasteiger partial charge in [0.05, 0.1) is 12.7 Å². The van der Waals surface area contributed by atoms with Crippen LogP contribution in [0.15, 0.2) is 23.2 Å². The summed E-state index contributed by atoms with van der Waals surface area (Å²) in [7, 11) is -3.63. The largest absolute Gasteiger partial charge is 0.374 e. The highest BCUT2D eigenvalue weighted by atomic mass is 32.2. The number of aromatic nitrogens is 1. The fraction of sp³-hybridized carbons (Fsp3) is 0.500. The van der Waals surface area contributed by atoms with Gasteiger partial charge in [-0.05, 0) is 19.1 Å². The number of nitrogens with two attached hydrogens (primary N) is 1. The summed E-state index contributed by atoms with van der Waals surface area (Å²) in [6.45, 7) is 2.60. The molecule has 1 aliphatic rings. The molecular weight excluding hydrogens is 280 g/mol. The van der Waals surface area contributed by atoms with Crippen LogP contribution in [0.4, 0.5) is 0 Å².